The highest BCUT2D eigenvalue weighted by atomic mass is 16.2. The van der Waals surface area contributed by atoms with Crippen LogP contribution < -0.4 is 5.32 Å². The van der Waals surface area contributed by atoms with Gasteiger partial charge in [0.25, 0.3) is 0 Å². The molecule has 1 heterocycles. The van der Waals surface area contributed by atoms with Crippen molar-refractivity contribution in [1.82, 2.24) is 10.2 Å². The molecule has 0 aromatic rings. The fraction of sp³-hybridized carbons (Fsp3) is 0.923. The Morgan fingerprint density at radius 1 is 1.38 bits per heavy atom. The number of nitrogens with zero attached hydrogens (tertiary/aromatic N) is 1. The molecule has 0 bridgehead atoms. The lowest BCUT2D eigenvalue weighted by Crippen LogP contribution is -2.41. The standard InChI is InChI=1S/C13H26N2O/c1-5-7-8-9-10(3)15-11(4)14-12(6-2)13(15)16/h10-12,14H,5-9H2,1-4H3. The van der Waals surface area contributed by atoms with Crippen molar-refractivity contribution in [3.8, 4) is 0 Å². The second-order valence-corrected chi connectivity index (χ2v) is 4.89. The summed E-state index contributed by atoms with van der Waals surface area (Å²) in [6, 6.07) is 0.418. The van der Waals surface area contributed by atoms with Crippen LogP contribution in [0.5, 0.6) is 0 Å². The number of rotatable bonds is 6. The van der Waals surface area contributed by atoms with Crippen molar-refractivity contribution in [3.05, 3.63) is 0 Å². The first kappa shape index (κ1) is 13.5. The first-order valence-electron chi connectivity index (χ1n) is 6.70. The molecule has 3 heteroatoms. The zero-order valence-corrected chi connectivity index (χ0v) is 11.1. The first-order chi connectivity index (χ1) is 7.61. The molecule has 16 heavy (non-hydrogen) atoms. The van der Waals surface area contributed by atoms with E-state index in [1.54, 1.807) is 0 Å². The van der Waals surface area contributed by atoms with Crippen molar-refractivity contribution in [2.45, 2.75) is 78.0 Å². The molecular formula is C13H26N2O. The van der Waals surface area contributed by atoms with Crippen molar-refractivity contribution in [2.24, 2.45) is 0 Å². The zero-order chi connectivity index (χ0) is 12.1. The normalized spacial score (nSPS) is 27.5. The van der Waals surface area contributed by atoms with E-state index >= 15 is 0 Å². The van der Waals surface area contributed by atoms with Gasteiger partial charge >= 0.3 is 0 Å². The Balaban J connectivity index is 2.48. The van der Waals surface area contributed by atoms with E-state index in [1.807, 2.05) is 4.90 Å². The van der Waals surface area contributed by atoms with Crippen molar-refractivity contribution < 1.29 is 4.79 Å². The zero-order valence-electron chi connectivity index (χ0n) is 11.1. The summed E-state index contributed by atoms with van der Waals surface area (Å²) < 4.78 is 0. The Bertz CT molecular complexity index is 230. The van der Waals surface area contributed by atoms with Gasteiger partial charge in [0, 0.05) is 6.04 Å². The summed E-state index contributed by atoms with van der Waals surface area (Å²) in [6.45, 7) is 8.53. The van der Waals surface area contributed by atoms with Crippen LogP contribution in [-0.2, 0) is 4.79 Å². The molecule has 0 saturated carbocycles. The molecule has 0 radical (unpaired) electrons. The van der Waals surface area contributed by atoms with Crippen LogP contribution in [0.25, 0.3) is 0 Å². The second-order valence-electron chi connectivity index (χ2n) is 4.89. The molecule has 1 N–H and O–H groups in total. The Labute approximate surface area is 99.6 Å². The third-order valence-electron chi connectivity index (χ3n) is 3.52. The van der Waals surface area contributed by atoms with E-state index in [1.165, 1.54) is 19.3 Å². The van der Waals surface area contributed by atoms with Gasteiger partial charge in [0.05, 0.1) is 12.2 Å². The molecule has 1 saturated heterocycles. The van der Waals surface area contributed by atoms with Crippen LogP contribution in [0.15, 0.2) is 0 Å². The second kappa shape index (κ2) is 6.24. The highest BCUT2D eigenvalue weighted by Gasteiger charge is 2.37. The molecule has 0 spiro atoms. The fourth-order valence-electron chi connectivity index (χ4n) is 2.53. The minimum absolute atomic E-state index is 0.0450. The first-order valence-corrected chi connectivity index (χ1v) is 6.70. The third kappa shape index (κ3) is 2.97. The minimum atomic E-state index is 0.0450. The van der Waals surface area contributed by atoms with E-state index in [9.17, 15) is 4.79 Å². The van der Waals surface area contributed by atoms with E-state index in [0.29, 0.717) is 11.9 Å². The Hall–Kier alpha value is -0.570. The highest BCUT2D eigenvalue weighted by molar-refractivity contribution is 5.84. The molecule has 3 atom stereocenters. The van der Waals surface area contributed by atoms with Crippen molar-refractivity contribution in [3.63, 3.8) is 0 Å². The van der Waals surface area contributed by atoms with Crippen LogP contribution in [0, 0.1) is 0 Å². The maximum atomic E-state index is 12.1. The van der Waals surface area contributed by atoms with E-state index in [0.717, 1.165) is 12.8 Å². The predicted molar refractivity (Wildman–Crippen MR) is 67.1 cm³/mol. The molecule has 0 aliphatic carbocycles. The number of carbonyl (C=O) groups is 1. The number of amides is 1. The average molecular weight is 226 g/mol. The molecule has 0 aromatic carbocycles. The maximum Gasteiger partial charge on any atom is 0.241 e. The van der Waals surface area contributed by atoms with Gasteiger partial charge in [-0.15, -0.1) is 0 Å². The van der Waals surface area contributed by atoms with Gasteiger partial charge in [-0.25, -0.2) is 0 Å². The SMILES string of the molecule is CCCCCC(C)N1C(=O)C(CC)NC1C. The van der Waals surface area contributed by atoms with Gasteiger partial charge in [-0.3, -0.25) is 10.1 Å². The Morgan fingerprint density at radius 2 is 2.06 bits per heavy atom. The molecule has 1 amide bonds. The lowest BCUT2D eigenvalue weighted by Gasteiger charge is -2.28. The summed E-state index contributed by atoms with van der Waals surface area (Å²) in [4.78, 5) is 14.1. The molecule has 0 aromatic heterocycles. The topological polar surface area (TPSA) is 32.3 Å². The third-order valence-corrected chi connectivity index (χ3v) is 3.52. The van der Waals surface area contributed by atoms with Gasteiger partial charge in [-0.1, -0.05) is 33.1 Å². The monoisotopic (exact) mass is 226 g/mol. The van der Waals surface area contributed by atoms with Crippen LogP contribution in [0.1, 0.15) is 59.8 Å². The number of carbonyl (C=O) groups excluding carboxylic acids is 1. The van der Waals surface area contributed by atoms with Gasteiger partial charge in [-0.2, -0.15) is 0 Å². The smallest absolute Gasteiger partial charge is 0.241 e. The quantitative estimate of drug-likeness (QED) is 0.706. The number of nitrogens with one attached hydrogen (secondary N) is 1. The summed E-state index contributed by atoms with van der Waals surface area (Å²) in [5, 5.41) is 3.35. The van der Waals surface area contributed by atoms with E-state index in [4.69, 9.17) is 0 Å². The maximum absolute atomic E-state index is 12.1. The Kier molecular flexibility index (Phi) is 5.26. The molecule has 1 fully saturated rings. The summed E-state index contributed by atoms with van der Waals surface area (Å²) in [5.74, 6) is 0.291. The van der Waals surface area contributed by atoms with E-state index < -0.39 is 0 Å². The summed E-state index contributed by atoms with van der Waals surface area (Å²) >= 11 is 0. The van der Waals surface area contributed by atoms with Crippen LogP contribution in [0.2, 0.25) is 0 Å². The molecular weight excluding hydrogens is 200 g/mol. The molecule has 3 nitrogen and oxygen atoms in total. The summed E-state index contributed by atoms with van der Waals surface area (Å²) in [5.41, 5.74) is 0. The van der Waals surface area contributed by atoms with Crippen LogP contribution in [0.3, 0.4) is 0 Å². The summed E-state index contributed by atoms with van der Waals surface area (Å²) in [6.07, 6.45) is 5.96. The van der Waals surface area contributed by atoms with Crippen molar-refractivity contribution in [1.29, 1.82) is 0 Å². The molecule has 1 rings (SSSR count). The molecule has 1 aliphatic heterocycles. The minimum Gasteiger partial charge on any atom is -0.323 e. The largest absolute Gasteiger partial charge is 0.323 e. The van der Waals surface area contributed by atoms with E-state index in [-0.39, 0.29) is 12.2 Å². The van der Waals surface area contributed by atoms with Gasteiger partial charge < -0.3 is 4.90 Å². The lowest BCUT2D eigenvalue weighted by molar-refractivity contribution is -0.131. The summed E-state index contributed by atoms with van der Waals surface area (Å²) in [7, 11) is 0. The average Bonchev–Trinajstić information content (AvgIpc) is 2.54. The molecule has 94 valence electrons. The van der Waals surface area contributed by atoms with Crippen molar-refractivity contribution in [2.75, 3.05) is 0 Å². The van der Waals surface area contributed by atoms with Gasteiger partial charge in [0.1, 0.15) is 0 Å². The predicted octanol–water partition coefficient (Wildman–Crippen LogP) is 2.51. The van der Waals surface area contributed by atoms with Crippen LogP contribution in [-0.4, -0.2) is 29.1 Å². The number of hydrogen-bond acceptors (Lipinski definition) is 2. The van der Waals surface area contributed by atoms with Gasteiger partial charge in [0.15, 0.2) is 0 Å². The Morgan fingerprint density at radius 3 is 2.56 bits per heavy atom. The van der Waals surface area contributed by atoms with Crippen LogP contribution >= 0.6 is 0 Å². The fourth-order valence-corrected chi connectivity index (χ4v) is 2.53. The number of hydrogen-bond donors (Lipinski definition) is 1. The highest BCUT2D eigenvalue weighted by Crippen LogP contribution is 2.19. The molecule has 3 unspecified atom stereocenters. The van der Waals surface area contributed by atoms with Crippen molar-refractivity contribution >= 4 is 5.91 Å². The van der Waals surface area contributed by atoms with Gasteiger partial charge in [0.2, 0.25) is 5.91 Å². The van der Waals surface area contributed by atoms with Gasteiger partial charge in [-0.05, 0) is 26.7 Å². The van der Waals surface area contributed by atoms with E-state index in [2.05, 4.69) is 33.0 Å². The number of unbranched alkanes of at least 4 members (excludes halogenated alkanes) is 2. The lowest BCUT2D eigenvalue weighted by atomic mass is 10.1. The molecule has 1 aliphatic rings. The van der Waals surface area contributed by atoms with Crippen LogP contribution in [0.4, 0.5) is 0 Å².